The van der Waals surface area contributed by atoms with Crippen LogP contribution in [-0.2, 0) is 0 Å². The van der Waals surface area contributed by atoms with Crippen LogP contribution < -0.4 is 5.32 Å². The van der Waals surface area contributed by atoms with Gasteiger partial charge in [0.1, 0.15) is 11.6 Å². The summed E-state index contributed by atoms with van der Waals surface area (Å²) < 4.78 is 29.0. The lowest BCUT2D eigenvalue weighted by molar-refractivity contribution is 0.291. The lowest BCUT2D eigenvalue weighted by Crippen LogP contribution is -2.28. The average Bonchev–Trinajstić information content (AvgIpc) is 2.69. The van der Waals surface area contributed by atoms with E-state index < -0.39 is 11.6 Å². The molecule has 1 aromatic rings. The Labute approximate surface area is 167 Å². The predicted molar refractivity (Wildman–Crippen MR) is 113 cm³/mol. The maximum Gasteiger partial charge on any atom is 0.133 e. The van der Waals surface area contributed by atoms with E-state index >= 15 is 0 Å². The molecular formula is C23H32F2N2O. The molecule has 0 radical (unpaired) electrons. The summed E-state index contributed by atoms with van der Waals surface area (Å²) in [7, 11) is 1.79. The minimum absolute atomic E-state index is 0.0524. The molecule has 1 unspecified atom stereocenters. The molecule has 0 amide bonds. The van der Waals surface area contributed by atoms with Crippen LogP contribution in [-0.4, -0.2) is 37.6 Å². The van der Waals surface area contributed by atoms with Crippen molar-refractivity contribution in [3.8, 4) is 0 Å². The van der Waals surface area contributed by atoms with Gasteiger partial charge in [0.05, 0.1) is 12.2 Å². The van der Waals surface area contributed by atoms with Crippen molar-refractivity contribution >= 4 is 11.3 Å². The molecule has 0 aromatic heterocycles. The number of benzene rings is 1. The molecule has 1 aliphatic rings. The fourth-order valence-corrected chi connectivity index (χ4v) is 3.83. The third-order valence-electron chi connectivity index (χ3n) is 5.45. The summed E-state index contributed by atoms with van der Waals surface area (Å²) in [4.78, 5) is 4.55. The van der Waals surface area contributed by atoms with Gasteiger partial charge in [0.25, 0.3) is 0 Å². The highest BCUT2D eigenvalue weighted by atomic mass is 19.1. The van der Waals surface area contributed by atoms with Gasteiger partial charge in [-0.25, -0.2) is 8.78 Å². The maximum absolute atomic E-state index is 14.5. The second-order valence-electron chi connectivity index (χ2n) is 7.27. The molecule has 0 heterocycles. The van der Waals surface area contributed by atoms with Crippen molar-refractivity contribution in [3.63, 3.8) is 0 Å². The molecule has 1 aromatic carbocycles. The number of rotatable bonds is 8. The van der Waals surface area contributed by atoms with Gasteiger partial charge >= 0.3 is 0 Å². The van der Waals surface area contributed by atoms with E-state index in [4.69, 9.17) is 5.11 Å². The zero-order valence-electron chi connectivity index (χ0n) is 17.2. The Hall–Kier alpha value is -1.85. The van der Waals surface area contributed by atoms with E-state index in [-0.39, 0.29) is 12.2 Å². The lowest BCUT2D eigenvalue weighted by atomic mass is 9.80. The van der Waals surface area contributed by atoms with Crippen LogP contribution in [0.25, 0.3) is 5.57 Å². The molecule has 0 spiro atoms. The zero-order chi connectivity index (χ0) is 20.5. The zero-order valence-corrected chi connectivity index (χ0v) is 17.2. The number of halogens is 2. The standard InChI is InChI=1S/C23H32F2N2O/c1-4-16(2)19(22-20(24)9-6-10-21(22)25)15-18-8-5-7-17(23(18)26-3)11-12-27-13-14-28/h6,9-10,15,17,27-28H,4-5,7-8,11-14H2,1-3H3/b18-15-,19-16-,26-23?. The van der Waals surface area contributed by atoms with Crippen molar-refractivity contribution < 1.29 is 13.9 Å². The van der Waals surface area contributed by atoms with Gasteiger partial charge in [0, 0.05) is 25.2 Å². The molecule has 2 N–H and O–H groups in total. The third kappa shape index (κ3) is 5.58. The van der Waals surface area contributed by atoms with Crippen molar-refractivity contribution in [2.24, 2.45) is 10.9 Å². The molecular weight excluding hydrogens is 358 g/mol. The Balaban J connectivity index is 2.37. The van der Waals surface area contributed by atoms with Gasteiger partial charge in [0.2, 0.25) is 0 Å². The van der Waals surface area contributed by atoms with E-state index in [1.54, 1.807) is 7.05 Å². The molecule has 0 aliphatic heterocycles. The van der Waals surface area contributed by atoms with Crippen LogP contribution in [0.1, 0.15) is 51.5 Å². The van der Waals surface area contributed by atoms with Crippen molar-refractivity contribution in [2.45, 2.75) is 46.0 Å². The number of hydrogen-bond acceptors (Lipinski definition) is 3. The molecule has 1 fully saturated rings. The van der Waals surface area contributed by atoms with Gasteiger partial charge in [-0.05, 0) is 74.9 Å². The third-order valence-corrected chi connectivity index (χ3v) is 5.45. The van der Waals surface area contributed by atoms with Crippen molar-refractivity contribution in [1.82, 2.24) is 5.32 Å². The average molecular weight is 391 g/mol. The summed E-state index contributed by atoms with van der Waals surface area (Å²) in [5.74, 6) is -0.741. The number of aliphatic hydroxyl groups is 1. The molecule has 28 heavy (non-hydrogen) atoms. The minimum atomic E-state index is -0.532. The molecule has 3 nitrogen and oxygen atoms in total. The van der Waals surface area contributed by atoms with Gasteiger partial charge in [-0.15, -0.1) is 0 Å². The molecule has 1 atom stereocenters. The van der Waals surface area contributed by atoms with Gasteiger partial charge in [-0.3, -0.25) is 4.99 Å². The Morgan fingerprint density at radius 1 is 1.29 bits per heavy atom. The van der Waals surface area contributed by atoms with Crippen LogP contribution in [0.5, 0.6) is 0 Å². The van der Waals surface area contributed by atoms with E-state index in [0.29, 0.717) is 18.0 Å². The largest absolute Gasteiger partial charge is 0.395 e. The highest BCUT2D eigenvalue weighted by molar-refractivity contribution is 6.04. The first-order valence-corrected chi connectivity index (χ1v) is 10.2. The Bertz CT molecular complexity index is 733. The first kappa shape index (κ1) is 22.4. The van der Waals surface area contributed by atoms with Crippen molar-refractivity contribution in [2.75, 3.05) is 26.7 Å². The first-order chi connectivity index (χ1) is 13.5. The van der Waals surface area contributed by atoms with E-state index in [2.05, 4.69) is 10.3 Å². The van der Waals surface area contributed by atoms with Crippen molar-refractivity contribution in [1.29, 1.82) is 0 Å². The highest BCUT2D eigenvalue weighted by Gasteiger charge is 2.25. The van der Waals surface area contributed by atoms with Crippen LogP contribution in [0.3, 0.4) is 0 Å². The molecule has 2 rings (SSSR count). The molecule has 154 valence electrons. The second-order valence-corrected chi connectivity index (χ2v) is 7.27. The quantitative estimate of drug-likeness (QED) is 0.619. The van der Waals surface area contributed by atoms with E-state index in [1.807, 2.05) is 19.9 Å². The normalized spacial score (nSPS) is 21.3. The van der Waals surface area contributed by atoms with Crippen LogP contribution >= 0.6 is 0 Å². The predicted octanol–water partition coefficient (Wildman–Crippen LogP) is 4.92. The molecule has 0 saturated heterocycles. The smallest absolute Gasteiger partial charge is 0.133 e. The summed E-state index contributed by atoms with van der Waals surface area (Å²) in [6.45, 7) is 5.46. The van der Waals surface area contributed by atoms with Crippen LogP contribution in [0.15, 0.2) is 40.4 Å². The Morgan fingerprint density at radius 3 is 2.61 bits per heavy atom. The summed E-state index contributed by atoms with van der Waals surface area (Å²) in [6, 6.07) is 4.02. The number of hydrogen-bond donors (Lipinski definition) is 2. The SMILES string of the molecule is CC/C(C)=C(/C=C1/CCCC(CCNCCO)C1=NC)c1c(F)cccc1F. The maximum atomic E-state index is 14.5. The molecule has 1 aliphatic carbocycles. The minimum Gasteiger partial charge on any atom is -0.395 e. The number of nitrogens with zero attached hydrogens (tertiary/aromatic N) is 1. The Morgan fingerprint density at radius 2 is 2.00 bits per heavy atom. The number of nitrogens with one attached hydrogen (secondary N) is 1. The summed E-state index contributed by atoms with van der Waals surface area (Å²) in [5, 5.41) is 12.1. The van der Waals surface area contributed by atoms with E-state index in [9.17, 15) is 8.78 Å². The van der Waals surface area contributed by atoms with E-state index in [1.165, 1.54) is 18.2 Å². The fraction of sp³-hybridized carbons (Fsp3) is 0.522. The monoisotopic (exact) mass is 390 g/mol. The van der Waals surface area contributed by atoms with Crippen molar-refractivity contribution in [3.05, 3.63) is 52.6 Å². The van der Waals surface area contributed by atoms with Gasteiger partial charge in [-0.2, -0.15) is 0 Å². The van der Waals surface area contributed by atoms with Gasteiger partial charge in [0.15, 0.2) is 0 Å². The first-order valence-electron chi connectivity index (χ1n) is 10.2. The van der Waals surface area contributed by atoms with Gasteiger partial charge < -0.3 is 10.4 Å². The summed E-state index contributed by atoms with van der Waals surface area (Å²) in [5.41, 5.74) is 3.75. The topological polar surface area (TPSA) is 44.6 Å². The van der Waals surface area contributed by atoms with Crippen LogP contribution in [0.2, 0.25) is 0 Å². The molecule has 1 saturated carbocycles. The number of aliphatic hydroxyl groups excluding tert-OH is 1. The van der Waals surface area contributed by atoms with Gasteiger partial charge in [-0.1, -0.05) is 18.6 Å². The Kier molecular flexibility index (Phi) is 9.00. The van der Waals surface area contributed by atoms with Crippen LogP contribution in [0, 0.1) is 17.6 Å². The van der Waals surface area contributed by atoms with E-state index in [0.717, 1.165) is 55.5 Å². The number of aliphatic imine (C=N–C) groups is 1. The number of allylic oxidation sites excluding steroid dienone is 4. The summed E-state index contributed by atoms with van der Waals surface area (Å²) in [6.07, 6.45) is 6.57. The fourth-order valence-electron chi connectivity index (χ4n) is 3.83. The lowest BCUT2D eigenvalue weighted by Gasteiger charge is -2.27. The molecule has 5 heteroatoms. The summed E-state index contributed by atoms with van der Waals surface area (Å²) >= 11 is 0. The highest BCUT2D eigenvalue weighted by Crippen LogP contribution is 2.34. The molecule has 0 bridgehead atoms. The van der Waals surface area contributed by atoms with Crippen LogP contribution in [0.4, 0.5) is 8.78 Å². The second kappa shape index (κ2) is 11.2.